The number of fused-ring (bicyclic) bond motifs is 1. The zero-order chi connectivity index (χ0) is 14.3. The van der Waals surface area contributed by atoms with E-state index in [1.165, 1.54) is 11.1 Å². The first-order valence-corrected chi connectivity index (χ1v) is 7.14. The topological polar surface area (TPSA) is 37.3 Å². The van der Waals surface area contributed by atoms with Crippen molar-refractivity contribution < 1.29 is 4.79 Å². The van der Waals surface area contributed by atoms with Crippen molar-refractivity contribution in [3.05, 3.63) is 35.0 Å². The molecule has 2 heterocycles. The average molecular weight is 271 g/mol. The number of piperazine rings is 1. The molecule has 0 bridgehead atoms. The van der Waals surface area contributed by atoms with E-state index in [2.05, 4.69) is 35.9 Å². The van der Waals surface area contributed by atoms with Crippen molar-refractivity contribution in [1.82, 2.24) is 14.8 Å². The smallest absolute Gasteiger partial charge is 0.256 e. The second kappa shape index (κ2) is 4.94. The summed E-state index contributed by atoms with van der Waals surface area (Å²) in [6, 6.07) is 4.30. The number of aryl methyl sites for hydroxylation is 3. The van der Waals surface area contributed by atoms with E-state index in [0.29, 0.717) is 0 Å². The van der Waals surface area contributed by atoms with Crippen LogP contribution in [0.25, 0.3) is 10.9 Å². The van der Waals surface area contributed by atoms with Gasteiger partial charge >= 0.3 is 0 Å². The van der Waals surface area contributed by atoms with Crippen LogP contribution in [-0.4, -0.2) is 41.6 Å². The van der Waals surface area contributed by atoms with E-state index in [-0.39, 0.29) is 5.91 Å². The highest BCUT2D eigenvalue weighted by Crippen LogP contribution is 2.27. The molecule has 1 aliphatic heterocycles. The van der Waals surface area contributed by atoms with Crippen LogP contribution >= 0.6 is 0 Å². The van der Waals surface area contributed by atoms with E-state index in [1.807, 2.05) is 18.1 Å². The summed E-state index contributed by atoms with van der Waals surface area (Å²) in [5.74, 6) is 0.157. The fourth-order valence-corrected chi connectivity index (χ4v) is 3.10. The second-order valence-corrected chi connectivity index (χ2v) is 5.67. The number of carbonyl (C=O) groups is 1. The fourth-order valence-electron chi connectivity index (χ4n) is 3.10. The Bertz CT molecular complexity index is 666. The minimum atomic E-state index is 0.157. The van der Waals surface area contributed by atoms with Gasteiger partial charge in [0.2, 0.25) is 0 Å². The molecule has 0 spiro atoms. The third kappa shape index (κ3) is 2.10. The Labute approximate surface area is 119 Å². The Kier molecular flexibility index (Phi) is 3.26. The second-order valence-electron chi connectivity index (χ2n) is 5.67. The Morgan fingerprint density at radius 2 is 1.90 bits per heavy atom. The van der Waals surface area contributed by atoms with Gasteiger partial charge in [-0.2, -0.15) is 0 Å². The highest BCUT2D eigenvalue weighted by atomic mass is 16.2. The lowest BCUT2D eigenvalue weighted by atomic mass is 10.0. The van der Waals surface area contributed by atoms with Gasteiger partial charge in [-0.1, -0.05) is 6.07 Å². The number of rotatable bonds is 1. The maximum absolute atomic E-state index is 12.7. The van der Waals surface area contributed by atoms with Crippen LogP contribution in [0.1, 0.15) is 21.5 Å². The Balaban J connectivity index is 2.09. The summed E-state index contributed by atoms with van der Waals surface area (Å²) in [4.78, 5) is 14.7. The molecular formula is C16H21N3O. The molecule has 0 saturated carbocycles. The molecule has 1 N–H and O–H groups in total. The van der Waals surface area contributed by atoms with Gasteiger partial charge in [0.05, 0.1) is 5.56 Å². The van der Waals surface area contributed by atoms with Gasteiger partial charge in [0.1, 0.15) is 0 Å². The van der Waals surface area contributed by atoms with Crippen LogP contribution in [0.15, 0.2) is 18.3 Å². The van der Waals surface area contributed by atoms with Gasteiger partial charge in [-0.25, -0.2) is 0 Å². The molecule has 4 nitrogen and oxygen atoms in total. The van der Waals surface area contributed by atoms with Crippen LogP contribution in [0.2, 0.25) is 0 Å². The normalized spacial score (nSPS) is 15.8. The number of carbonyl (C=O) groups excluding carboxylic acids is 1. The summed E-state index contributed by atoms with van der Waals surface area (Å²) >= 11 is 0. The molecule has 0 atom stereocenters. The Hall–Kier alpha value is -1.81. The van der Waals surface area contributed by atoms with Gasteiger partial charge in [-0.3, -0.25) is 4.79 Å². The van der Waals surface area contributed by atoms with Gasteiger partial charge in [0.25, 0.3) is 5.91 Å². The van der Waals surface area contributed by atoms with Crippen LogP contribution in [0, 0.1) is 13.8 Å². The van der Waals surface area contributed by atoms with E-state index in [0.717, 1.165) is 42.6 Å². The maximum atomic E-state index is 12.7. The Morgan fingerprint density at radius 1 is 1.20 bits per heavy atom. The first-order chi connectivity index (χ1) is 9.58. The molecule has 3 rings (SSSR count). The number of nitrogens with one attached hydrogen (secondary N) is 1. The standard InChI is InChI=1S/C16H21N3O/c1-11-8-12(2)15-13(10-18(3)14(15)9-11)16(20)19-6-4-17-5-7-19/h8-10,17H,4-7H2,1-3H3. The largest absolute Gasteiger partial charge is 0.350 e. The number of hydrogen-bond acceptors (Lipinski definition) is 2. The maximum Gasteiger partial charge on any atom is 0.256 e. The van der Waals surface area contributed by atoms with Crippen molar-refractivity contribution in [2.24, 2.45) is 7.05 Å². The minimum Gasteiger partial charge on any atom is -0.350 e. The summed E-state index contributed by atoms with van der Waals surface area (Å²) in [5, 5.41) is 4.38. The van der Waals surface area contributed by atoms with E-state index < -0.39 is 0 Å². The zero-order valence-electron chi connectivity index (χ0n) is 12.4. The van der Waals surface area contributed by atoms with Crippen LogP contribution in [-0.2, 0) is 7.05 Å². The van der Waals surface area contributed by atoms with E-state index >= 15 is 0 Å². The van der Waals surface area contributed by atoms with Gasteiger partial charge in [-0.15, -0.1) is 0 Å². The highest BCUT2D eigenvalue weighted by Gasteiger charge is 2.22. The van der Waals surface area contributed by atoms with Crippen molar-refractivity contribution in [1.29, 1.82) is 0 Å². The van der Waals surface area contributed by atoms with Gasteiger partial charge < -0.3 is 14.8 Å². The number of aromatic nitrogens is 1. The predicted octanol–water partition coefficient (Wildman–Crippen LogP) is 1.84. The summed E-state index contributed by atoms with van der Waals surface area (Å²) in [6.07, 6.45) is 1.97. The molecule has 4 heteroatoms. The van der Waals surface area contributed by atoms with E-state index in [4.69, 9.17) is 0 Å². The van der Waals surface area contributed by atoms with Gasteiger partial charge in [0.15, 0.2) is 0 Å². The molecule has 106 valence electrons. The molecule has 1 aromatic carbocycles. The molecule has 20 heavy (non-hydrogen) atoms. The highest BCUT2D eigenvalue weighted by molar-refractivity contribution is 6.08. The van der Waals surface area contributed by atoms with Crippen molar-refractivity contribution >= 4 is 16.8 Å². The van der Waals surface area contributed by atoms with Crippen molar-refractivity contribution in [2.75, 3.05) is 26.2 Å². The monoisotopic (exact) mass is 271 g/mol. The van der Waals surface area contributed by atoms with Crippen LogP contribution in [0.3, 0.4) is 0 Å². The lowest BCUT2D eigenvalue weighted by molar-refractivity contribution is 0.0737. The molecule has 2 aromatic rings. The average Bonchev–Trinajstić information content (AvgIpc) is 2.77. The van der Waals surface area contributed by atoms with Gasteiger partial charge in [0, 0.05) is 50.3 Å². The van der Waals surface area contributed by atoms with Crippen molar-refractivity contribution in [3.8, 4) is 0 Å². The third-order valence-corrected chi connectivity index (χ3v) is 4.07. The Morgan fingerprint density at radius 3 is 2.60 bits per heavy atom. The third-order valence-electron chi connectivity index (χ3n) is 4.07. The molecule has 0 radical (unpaired) electrons. The number of amides is 1. The van der Waals surface area contributed by atoms with Crippen molar-refractivity contribution in [3.63, 3.8) is 0 Å². The summed E-state index contributed by atoms with van der Waals surface area (Å²) < 4.78 is 2.06. The molecule has 0 unspecified atom stereocenters. The molecule has 1 aromatic heterocycles. The molecule has 0 aliphatic carbocycles. The lowest BCUT2D eigenvalue weighted by Gasteiger charge is -2.27. The summed E-state index contributed by atoms with van der Waals surface area (Å²) in [5.41, 5.74) is 4.39. The SMILES string of the molecule is Cc1cc(C)c2c(C(=O)N3CCNCC3)cn(C)c2c1. The number of nitrogens with zero attached hydrogens (tertiary/aromatic N) is 2. The van der Waals surface area contributed by atoms with Gasteiger partial charge in [-0.05, 0) is 31.0 Å². The van der Waals surface area contributed by atoms with Crippen LogP contribution in [0.5, 0.6) is 0 Å². The first-order valence-electron chi connectivity index (χ1n) is 7.14. The molecule has 1 fully saturated rings. The van der Waals surface area contributed by atoms with Crippen LogP contribution in [0.4, 0.5) is 0 Å². The lowest BCUT2D eigenvalue weighted by Crippen LogP contribution is -2.46. The van der Waals surface area contributed by atoms with E-state index in [1.54, 1.807) is 0 Å². The fraction of sp³-hybridized carbons (Fsp3) is 0.438. The summed E-state index contributed by atoms with van der Waals surface area (Å²) in [6.45, 7) is 7.53. The number of benzene rings is 1. The number of hydrogen-bond donors (Lipinski definition) is 1. The van der Waals surface area contributed by atoms with Crippen molar-refractivity contribution in [2.45, 2.75) is 13.8 Å². The molecular weight excluding hydrogens is 250 g/mol. The molecule has 1 saturated heterocycles. The predicted molar refractivity (Wildman–Crippen MR) is 81.2 cm³/mol. The minimum absolute atomic E-state index is 0.157. The molecule has 1 aliphatic rings. The zero-order valence-corrected chi connectivity index (χ0v) is 12.4. The quantitative estimate of drug-likeness (QED) is 0.859. The van der Waals surface area contributed by atoms with Crippen LogP contribution < -0.4 is 5.32 Å². The first kappa shape index (κ1) is 13.2. The summed E-state index contributed by atoms with van der Waals surface area (Å²) in [7, 11) is 2.01. The molecule has 1 amide bonds. The van der Waals surface area contributed by atoms with E-state index in [9.17, 15) is 4.79 Å².